The molecule has 0 bridgehead atoms. The Morgan fingerprint density at radius 1 is 1.20 bits per heavy atom. The number of halogens is 2. The number of aryl methyl sites for hydroxylation is 1. The predicted octanol–water partition coefficient (Wildman–Crippen LogP) is 4.26. The Labute approximate surface area is 263 Å². The second-order valence-corrected chi connectivity index (χ2v) is 11.5. The molecule has 236 valence electrons. The third kappa shape index (κ3) is 5.78. The van der Waals surface area contributed by atoms with Crippen LogP contribution in [0.1, 0.15) is 28.8 Å². The van der Waals surface area contributed by atoms with E-state index in [1.807, 2.05) is 11.6 Å². The number of nitrogens with zero attached hydrogens (tertiary/aromatic N) is 2. The largest absolute Gasteiger partial charge is 0.496 e. The van der Waals surface area contributed by atoms with Gasteiger partial charge in [0, 0.05) is 24.5 Å². The Morgan fingerprint density at radius 3 is 2.50 bits per heavy atom. The molecule has 5 N–H and O–H groups in total. The van der Waals surface area contributed by atoms with Crippen molar-refractivity contribution in [3.8, 4) is 40.0 Å². The first-order valence-corrected chi connectivity index (χ1v) is 14.4. The molecule has 2 aromatic carbocycles. The first-order chi connectivity index (χ1) is 21.9. The Bertz CT molecular complexity index is 1970. The van der Waals surface area contributed by atoms with E-state index in [9.17, 15) is 23.5 Å². The highest BCUT2D eigenvalue weighted by atomic mass is 19.1. The zero-order valence-corrected chi connectivity index (χ0v) is 25.2. The summed E-state index contributed by atoms with van der Waals surface area (Å²) in [6.07, 6.45) is 2.37. The van der Waals surface area contributed by atoms with Crippen molar-refractivity contribution in [2.45, 2.75) is 24.1 Å². The number of benzene rings is 2. The molecule has 0 atom stereocenters. The molecule has 2 fully saturated rings. The summed E-state index contributed by atoms with van der Waals surface area (Å²) in [6, 6.07) is 11.8. The summed E-state index contributed by atoms with van der Waals surface area (Å²) in [7, 11) is 3.27. The number of fused-ring (bicyclic) bond motifs is 1. The van der Waals surface area contributed by atoms with Crippen LogP contribution in [0.4, 0.5) is 20.3 Å². The zero-order chi connectivity index (χ0) is 32.8. The van der Waals surface area contributed by atoms with Gasteiger partial charge in [0.1, 0.15) is 17.2 Å². The number of aliphatic hydroxyl groups is 1. The quantitative estimate of drug-likeness (QED) is 0.169. The Hall–Kier alpha value is -5.25. The summed E-state index contributed by atoms with van der Waals surface area (Å²) >= 11 is 0. The summed E-state index contributed by atoms with van der Waals surface area (Å²) in [4.78, 5) is 29.2. The van der Waals surface area contributed by atoms with Crippen molar-refractivity contribution < 1.29 is 33.0 Å². The Morgan fingerprint density at radius 2 is 1.89 bits per heavy atom. The number of nitrogens with one attached hydrogen (secondary N) is 2. The third-order valence-corrected chi connectivity index (χ3v) is 8.11. The minimum Gasteiger partial charge on any atom is -0.496 e. The average Bonchev–Trinajstić information content (AvgIpc) is 3.69. The molecule has 10 nitrogen and oxygen atoms in total. The van der Waals surface area contributed by atoms with Gasteiger partial charge in [0.15, 0.2) is 11.4 Å². The molecule has 3 heterocycles. The second kappa shape index (κ2) is 11.6. The van der Waals surface area contributed by atoms with Gasteiger partial charge in [-0.15, -0.1) is 0 Å². The van der Waals surface area contributed by atoms with E-state index in [2.05, 4.69) is 34.0 Å². The lowest BCUT2D eigenvalue weighted by Crippen LogP contribution is -2.48. The van der Waals surface area contributed by atoms with Crippen LogP contribution in [-0.4, -0.2) is 64.6 Å². The first kappa shape index (κ1) is 30.8. The number of alkyl halides is 1. The molecule has 2 aromatic heterocycles. The second-order valence-electron chi connectivity index (χ2n) is 11.5. The number of anilines is 2. The van der Waals surface area contributed by atoms with Gasteiger partial charge in [-0.2, -0.15) is 0 Å². The van der Waals surface area contributed by atoms with Crippen LogP contribution < -0.4 is 21.1 Å². The number of carbonyl (C=O) groups excluding carboxylic acids is 2. The molecule has 0 radical (unpaired) electrons. The number of carbonyl (C=O) groups is 2. The fourth-order valence-corrected chi connectivity index (χ4v) is 5.36. The van der Waals surface area contributed by atoms with E-state index >= 15 is 0 Å². The number of nitrogen functional groups attached to an aromatic ring is 1. The maximum atomic E-state index is 14.2. The summed E-state index contributed by atoms with van der Waals surface area (Å²) in [5, 5.41) is 16.2. The van der Waals surface area contributed by atoms with E-state index in [4.69, 9.17) is 15.2 Å². The predicted molar refractivity (Wildman–Crippen MR) is 169 cm³/mol. The summed E-state index contributed by atoms with van der Waals surface area (Å²) in [6.45, 7) is 3.14. The Balaban J connectivity index is 1.51. The molecule has 1 saturated heterocycles. The lowest BCUT2D eigenvalue weighted by molar-refractivity contribution is -0.140. The number of pyridine rings is 1. The van der Waals surface area contributed by atoms with Crippen LogP contribution in [0.15, 0.2) is 61.1 Å². The van der Waals surface area contributed by atoms with Gasteiger partial charge in [-0.25, -0.2) is 13.8 Å². The minimum atomic E-state index is -1.36. The van der Waals surface area contributed by atoms with Crippen molar-refractivity contribution in [2.75, 3.05) is 37.9 Å². The normalized spacial score (nSPS) is 15.7. The Kier molecular flexibility index (Phi) is 7.75. The zero-order valence-electron chi connectivity index (χ0n) is 25.2. The molecule has 1 saturated carbocycles. The van der Waals surface area contributed by atoms with Crippen LogP contribution in [0.25, 0.3) is 33.3 Å². The lowest BCUT2D eigenvalue weighted by atomic mass is 9.96. The molecular weight excluding hydrogens is 596 g/mol. The van der Waals surface area contributed by atoms with Crippen LogP contribution in [0.3, 0.4) is 0 Å². The van der Waals surface area contributed by atoms with Crippen molar-refractivity contribution in [3.63, 3.8) is 0 Å². The molecule has 1 aliphatic carbocycles. The highest BCUT2D eigenvalue weighted by Gasteiger charge is 2.43. The fourth-order valence-electron chi connectivity index (χ4n) is 5.36. The van der Waals surface area contributed by atoms with E-state index in [-0.39, 0.29) is 36.9 Å². The smallest absolute Gasteiger partial charge is 0.283 e. The van der Waals surface area contributed by atoms with Crippen LogP contribution in [-0.2, 0) is 16.6 Å². The molecule has 0 spiro atoms. The number of ether oxygens (including phenoxy) is 2. The van der Waals surface area contributed by atoms with Crippen molar-refractivity contribution >= 4 is 34.2 Å². The highest BCUT2D eigenvalue weighted by Crippen LogP contribution is 2.45. The summed E-state index contributed by atoms with van der Waals surface area (Å²) in [5.74, 6) is 3.87. The number of nitrogens with two attached hydrogens (primary N) is 1. The number of methoxy groups -OCH3 is 1. The molecule has 2 aliphatic rings. The van der Waals surface area contributed by atoms with Crippen molar-refractivity contribution in [1.29, 1.82) is 0 Å². The van der Waals surface area contributed by atoms with Crippen LogP contribution in [0.2, 0.25) is 0 Å². The molecular formula is C34H31F2N5O5. The number of aromatic nitrogens is 2. The minimum absolute atomic E-state index is 0.0760. The van der Waals surface area contributed by atoms with Crippen molar-refractivity contribution in [3.05, 3.63) is 72.2 Å². The van der Waals surface area contributed by atoms with E-state index in [1.54, 1.807) is 42.5 Å². The first-order valence-electron chi connectivity index (χ1n) is 14.4. The number of hydrogen-bond donors (Lipinski definition) is 4. The van der Waals surface area contributed by atoms with Crippen LogP contribution in [0.5, 0.6) is 5.75 Å². The van der Waals surface area contributed by atoms with Crippen LogP contribution >= 0.6 is 0 Å². The van der Waals surface area contributed by atoms with Gasteiger partial charge in [0.05, 0.1) is 54.6 Å². The molecule has 4 aromatic rings. The highest BCUT2D eigenvalue weighted by molar-refractivity contribution is 6.11. The average molecular weight is 628 g/mol. The monoisotopic (exact) mass is 627 g/mol. The molecule has 1 aliphatic heterocycles. The molecule has 0 unspecified atom stereocenters. The van der Waals surface area contributed by atoms with Gasteiger partial charge in [-0.05, 0) is 48.2 Å². The van der Waals surface area contributed by atoms with Crippen molar-refractivity contribution in [2.24, 2.45) is 7.05 Å². The molecule has 12 heteroatoms. The van der Waals surface area contributed by atoms with Gasteiger partial charge in [0.25, 0.3) is 11.8 Å². The van der Waals surface area contributed by atoms with Gasteiger partial charge < -0.3 is 35.5 Å². The lowest BCUT2D eigenvalue weighted by Gasteiger charge is -2.30. The SMILES string of the molecule is C=C(F)C(=O)Nc1ccc(-c2c(-c3ccc(C(=O)NCC4(F)CC4)c(OC)c3)c3c(N)ncc(C#CC4(O)COC4)c3n2C)cc1. The third-order valence-electron chi connectivity index (χ3n) is 8.11. The van der Waals surface area contributed by atoms with E-state index in [1.165, 1.54) is 13.3 Å². The van der Waals surface area contributed by atoms with E-state index < -0.39 is 28.9 Å². The standard InChI is InChI=1S/C34H31F2N5O5/c1-19(35)31(42)40-23-7-4-20(5-8-23)28-26(21-6-9-24(25(14-21)45-3)32(43)39-16-33(36)12-13-33)27-29(41(28)2)22(15-38-30(27)37)10-11-34(44)17-46-18-34/h4-9,14-15,44H,1,12-13,16-18H2,2-3H3,(H2,37,38)(H,39,43)(H,40,42). The fraction of sp³-hybridized carbons (Fsp3) is 0.265. The maximum absolute atomic E-state index is 14.2. The summed E-state index contributed by atoms with van der Waals surface area (Å²) < 4.78 is 40.1. The molecule has 6 rings (SSSR count). The number of rotatable bonds is 8. The molecule has 2 amide bonds. The van der Waals surface area contributed by atoms with E-state index in [0.29, 0.717) is 57.4 Å². The number of hydrogen-bond acceptors (Lipinski definition) is 7. The van der Waals surface area contributed by atoms with Gasteiger partial charge >= 0.3 is 0 Å². The van der Waals surface area contributed by atoms with Gasteiger partial charge in [0.2, 0.25) is 0 Å². The van der Waals surface area contributed by atoms with E-state index in [0.717, 1.165) is 0 Å². The van der Waals surface area contributed by atoms with Crippen LogP contribution in [0, 0.1) is 11.8 Å². The maximum Gasteiger partial charge on any atom is 0.283 e. The van der Waals surface area contributed by atoms with Gasteiger partial charge in [-0.1, -0.05) is 36.6 Å². The van der Waals surface area contributed by atoms with Crippen molar-refractivity contribution in [1.82, 2.24) is 14.9 Å². The summed E-state index contributed by atoms with van der Waals surface area (Å²) in [5.41, 5.74) is 8.31. The number of amides is 2. The van der Waals surface area contributed by atoms with Gasteiger partial charge in [-0.3, -0.25) is 9.59 Å². The molecule has 46 heavy (non-hydrogen) atoms. The topological polar surface area (TPSA) is 141 Å².